The minimum atomic E-state index is -3.93. The fraction of sp³-hybridized carbons (Fsp3) is 0.182. The number of anilines is 1. The average Bonchev–Trinajstić information content (AvgIpc) is 3.28. The topological polar surface area (TPSA) is 78.8 Å². The summed E-state index contributed by atoms with van der Waals surface area (Å²) in [6.45, 7) is 5.25. The second-order valence-corrected chi connectivity index (χ2v) is 9.61. The van der Waals surface area contributed by atoms with E-state index in [1.807, 2.05) is 37.4 Å². The molecule has 30 heavy (non-hydrogen) atoms. The van der Waals surface area contributed by atoms with Crippen LogP contribution in [0.1, 0.15) is 22.9 Å². The summed E-state index contributed by atoms with van der Waals surface area (Å²) in [6.07, 6.45) is 0. The summed E-state index contributed by atoms with van der Waals surface area (Å²) in [5, 5.41) is 6.03. The molecule has 1 amide bonds. The normalized spacial score (nSPS) is 11.9. The highest BCUT2D eigenvalue weighted by molar-refractivity contribution is 7.92. The number of hydrogen-bond acceptors (Lipinski definition) is 5. The predicted molar refractivity (Wildman–Crippen MR) is 122 cm³/mol. The van der Waals surface area contributed by atoms with Crippen LogP contribution < -0.4 is 9.73 Å². The van der Waals surface area contributed by atoms with E-state index in [0.717, 1.165) is 20.3 Å². The van der Waals surface area contributed by atoms with Gasteiger partial charge in [0.1, 0.15) is 6.54 Å². The molecule has 0 aliphatic carbocycles. The standard InChI is InChI=1S/C22H23N3O3S2/c1-16-11-12-19(14-17(16)2)25(30(27,28)20-8-5-4-6-9-20)15-22(26)24-23-18(3)21-10-7-13-29-21/h4-14H,15H2,1-3H3,(H,24,26)/b23-18-. The Morgan fingerprint density at radius 3 is 2.40 bits per heavy atom. The van der Waals surface area contributed by atoms with E-state index < -0.39 is 15.9 Å². The second kappa shape index (κ2) is 9.23. The molecule has 6 nitrogen and oxygen atoms in total. The number of aryl methyl sites for hydroxylation is 2. The molecule has 0 aliphatic rings. The van der Waals surface area contributed by atoms with Crippen LogP contribution in [0.15, 0.2) is 76.0 Å². The van der Waals surface area contributed by atoms with Crippen LogP contribution in [0.25, 0.3) is 0 Å². The predicted octanol–water partition coefficient (Wildman–Crippen LogP) is 4.10. The third kappa shape index (κ3) is 4.95. The molecule has 0 aliphatic heterocycles. The van der Waals surface area contributed by atoms with Crippen LogP contribution in [0.3, 0.4) is 0 Å². The third-order valence-corrected chi connectivity index (χ3v) is 7.39. The van der Waals surface area contributed by atoms with Crippen LogP contribution in [0.4, 0.5) is 5.69 Å². The van der Waals surface area contributed by atoms with Crippen molar-refractivity contribution in [3.63, 3.8) is 0 Å². The lowest BCUT2D eigenvalue weighted by atomic mass is 10.1. The summed E-state index contributed by atoms with van der Waals surface area (Å²) in [5.74, 6) is -0.524. The van der Waals surface area contributed by atoms with Crippen LogP contribution in [0, 0.1) is 13.8 Å². The van der Waals surface area contributed by atoms with Gasteiger partial charge in [-0.1, -0.05) is 30.3 Å². The first-order valence-corrected chi connectivity index (χ1v) is 11.6. The Morgan fingerprint density at radius 2 is 1.77 bits per heavy atom. The summed E-state index contributed by atoms with van der Waals surface area (Å²) in [6, 6.07) is 17.2. The molecular formula is C22H23N3O3S2. The summed E-state index contributed by atoms with van der Waals surface area (Å²) >= 11 is 1.51. The molecule has 8 heteroatoms. The van der Waals surface area contributed by atoms with Gasteiger partial charge in [-0.05, 0) is 67.6 Å². The molecule has 0 atom stereocenters. The van der Waals surface area contributed by atoms with E-state index in [9.17, 15) is 13.2 Å². The maximum Gasteiger partial charge on any atom is 0.264 e. The molecule has 3 aromatic rings. The summed E-state index contributed by atoms with van der Waals surface area (Å²) in [4.78, 5) is 13.7. The van der Waals surface area contributed by atoms with Crippen molar-refractivity contribution >= 4 is 38.7 Å². The molecule has 0 saturated carbocycles. The zero-order valence-corrected chi connectivity index (χ0v) is 18.6. The summed E-state index contributed by atoms with van der Waals surface area (Å²) < 4.78 is 27.7. The SMILES string of the molecule is C/C(=N/NC(=O)CN(c1ccc(C)c(C)c1)S(=O)(=O)c1ccccc1)c1cccs1. The largest absolute Gasteiger partial charge is 0.271 e. The molecule has 0 radical (unpaired) electrons. The number of hydrogen-bond donors (Lipinski definition) is 1. The molecular weight excluding hydrogens is 418 g/mol. The van der Waals surface area contributed by atoms with Gasteiger partial charge in [0.15, 0.2) is 0 Å². The molecule has 0 unspecified atom stereocenters. The Kier molecular flexibility index (Phi) is 6.69. The Balaban J connectivity index is 1.90. The number of carbonyl (C=O) groups excluding carboxylic acids is 1. The number of sulfonamides is 1. The highest BCUT2D eigenvalue weighted by Crippen LogP contribution is 2.25. The summed E-state index contributed by atoms with van der Waals surface area (Å²) in [5.41, 5.74) is 5.53. The van der Waals surface area contributed by atoms with Gasteiger partial charge in [0.05, 0.1) is 16.3 Å². The molecule has 0 saturated heterocycles. The molecule has 156 valence electrons. The first-order valence-electron chi connectivity index (χ1n) is 9.31. The molecule has 0 bridgehead atoms. The van der Waals surface area contributed by atoms with Crippen molar-refractivity contribution in [2.45, 2.75) is 25.7 Å². The van der Waals surface area contributed by atoms with Crippen molar-refractivity contribution in [3.05, 3.63) is 82.0 Å². The van der Waals surface area contributed by atoms with E-state index in [2.05, 4.69) is 10.5 Å². The van der Waals surface area contributed by atoms with E-state index in [-0.39, 0.29) is 11.4 Å². The van der Waals surface area contributed by atoms with Gasteiger partial charge < -0.3 is 0 Å². The quantitative estimate of drug-likeness (QED) is 0.443. The number of rotatable bonds is 7. The molecule has 3 rings (SSSR count). The van der Waals surface area contributed by atoms with Crippen LogP contribution in [0.2, 0.25) is 0 Å². The Bertz CT molecular complexity index is 1160. The van der Waals surface area contributed by atoms with E-state index in [1.54, 1.807) is 37.3 Å². The molecule has 2 aromatic carbocycles. The zero-order valence-electron chi connectivity index (χ0n) is 17.0. The van der Waals surface area contributed by atoms with Crippen molar-refractivity contribution in [3.8, 4) is 0 Å². The molecule has 0 spiro atoms. The van der Waals surface area contributed by atoms with Gasteiger partial charge in [-0.15, -0.1) is 11.3 Å². The minimum absolute atomic E-state index is 0.120. The maximum absolute atomic E-state index is 13.3. The minimum Gasteiger partial charge on any atom is -0.271 e. The number of thiophene rings is 1. The van der Waals surface area contributed by atoms with Crippen LogP contribution >= 0.6 is 11.3 Å². The molecule has 1 heterocycles. The van der Waals surface area contributed by atoms with Gasteiger partial charge in [-0.25, -0.2) is 13.8 Å². The number of hydrazone groups is 1. The monoisotopic (exact) mass is 441 g/mol. The number of carbonyl (C=O) groups is 1. The average molecular weight is 442 g/mol. The van der Waals surface area contributed by atoms with Gasteiger partial charge in [-0.3, -0.25) is 9.10 Å². The van der Waals surface area contributed by atoms with Crippen molar-refractivity contribution in [2.24, 2.45) is 5.10 Å². The van der Waals surface area contributed by atoms with Crippen LogP contribution in [0.5, 0.6) is 0 Å². The van der Waals surface area contributed by atoms with Gasteiger partial charge in [0.25, 0.3) is 15.9 Å². The first-order chi connectivity index (χ1) is 14.3. The van der Waals surface area contributed by atoms with Gasteiger partial charge in [0, 0.05) is 4.88 Å². The lowest BCUT2D eigenvalue weighted by Gasteiger charge is -2.24. The van der Waals surface area contributed by atoms with Gasteiger partial charge >= 0.3 is 0 Å². The van der Waals surface area contributed by atoms with E-state index >= 15 is 0 Å². The van der Waals surface area contributed by atoms with Crippen LogP contribution in [-0.2, 0) is 14.8 Å². The van der Waals surface area contributed by atoms with Crippen LogP contribution in [-0.4, -0.2) is 26.6 Å². The molecule has 1 N–H and O–H groups in total. The molecule has 1 aromatic heterocycles. The number of amides is 1. The Morgan fingerprint density at radius 1 is 1.03 bits per heavy atom. The highest BCUT2D eigenvalue weighted by atomic mass is 32.2. The lowest BCUT2D eigenvalue weighted by Crippen LogP contribution is -2.39. The fourth-order valence-electron chi connectivity index (χ4n) is 2.77. The number of benzene rings is 2. The summed E-state index contributed by atoms with van der Waals surface area (Å²) in [7, 11) is -3.93. The van der Waals surface area contributed by atoms with Crippen molar-refractivity contribution < 1.29 is 13.2 Å². The van der Waals surface area contributed by atoms with Crippen molar-refractivity contribution in [2.75, 3.05) is 10.8 Å². The second-order valence-electron chi connectivity index (χ2n) is 6.80. The van der Waals surface area contributed by atoms with Crippen molar-refractivity contribution in [1.82, 2.24) is 5.43 Å². The van der Waals surface area contributed by atoms with Crippen molar-refractivity contribution in [1.29, 1.82) is 0 Å². The Labute approximate surface area is 180 Å². The fourth-order valence-corrected chi connectivity index (χ4v) is 4.88. The highest BCUT2D eigenvalue weighted by Gasteiger charge is 2.27. The lowest BCUT2D eigenvalue weighted by molar-refractivity contribution is -0.119. The molecule has 0 fully saturated rings. The Hall–Kier alpha value is -2.97. The number of nitrogens with zero attached hydrogens (tertiary/aromatic N) is 2. The van der Waals surface area contributed by atoms with E-state index in [0.29, 0.717) is 11.4 Å². The van der Waals surface area contributed by atoms with E-state index in [1.165, 1.54) is 23.5 Å². The maximum atomic E-state index is 13.3. The first kappa shape index (κ1) is 21.7. The number of nitrogens with one attached hydrogen (secondary N) is 1. The smallest absolute Gasteiger partial charge is 0.264 e. The van der Waals surface area contributed by atoms with Gasteiger partial charge in [0.2, 0.25) is 0 Å². The van der Waals surface area contributed by atoms with E-state index in [4.69, 9.17) is 0 Å². The zero-order chi connectivity index (χ0) is 21.7. The van der Waals surface area contributed by atoms with Gasteiger partial charge in [-0.2, -0.15) is 5.10 Å². The third-order valence-electron chi connectivity index (χ3n) is 4.62.